The predicted molar refractivity (Wildman–Crippen MR) is 84.9 cm³/mol. The molecular formula is C15H20N4O2S. The van der Waals surface area contributed by atoms with Crippen LogP contribution >= 0.6 is 11.3 Å². The summed E-state index contributed by atoms with van der Waals surface area (Å²) in [5.41, 5.74) is -0.365. The summed E-state index contributed by atoms with van der Waals surface area (Å²) in [5, 5.41) is 8.22. The minimum Gasteiger partial charge on any atom is -0.339 e. The summed E-state index contributed by atoms with van der Waals surface area (Å²) < 4.78 is 0. The molecule has 0 radical (unpaired) electrons. The van der Waals surface area contributed by atoms with Crippen LogP contribution in [0.1, 0.15) is 36.4 Å². The van der Waals surface area contributed by atoms with Gasteiger partial charge in [0.2, 0.25) is 5.91 Å². The third-order valence-corrected chi connectivity index (χ3v) is 5.06. The Labute approximate surface area is 132 Å². The maximum absolute atomic E-state index is 12.5. The molecule has 1 aliphatic heterocycles. The maximum atomic E-state index is 12.5. The SMILES string of the molecule is O=C(Cc1n[nH]c(=O)[nH]1)N1CCCCC1CCc1cccs1. The van der Waals surface area contributed by atoms with Gasteiger partial charge in [0, 0.05) is 17.5 Å². The predicted octanol–water partition coefficient (Wildman–Crippen LogP) is 1.72. The first-order chi connectivity index (χ1) is 10.7. The number of carbonyl (C=O) groups is 1. The molecule has 0 bridgehead atoms. The molecule has 1 amide bonds. The van der Waals surface area contributed by atoms with E-state index in [1.165, 1.54) is 11.3 Å². The number of rotatable bonds is 5. The van der Waals surface area contributed by atoms with Gasteiger partial charge in [-0.2, -0.15) is 5.10 Å². The lowest BCUT2D eigenvalue weighted by Gasteiger charge is -2.35. The number of aromatic amines is 2. The van der Waals surface area contributed by atoms with Crippen LogP contribution in [0.25, 0.3) is 0 Å². The molecule has 1 saturated heterocycles. The number of aromatic nitrogens is 3. The van der Waals surface area contributed by atoms with Crippen LogP contribution in [-0.4, -0.2) is 38.6 Å². The molecule has 1 atom stereocenters. The Kier molecular flexibility index (Phi) is 4.72. The molecule has 6 nitrogen and oxygen atoms in total. The van der Waals surface area contributed by atoms with Gasteiger partial charge in [-0.05, 0) is 43.6 Å². The molecule has 118 valence electrons. The molecule has 1 unspecified atom stereocenters. The Morgan fingerprint density at radius 3 is 3.09 bits per heavy atom. The van der Waals surface area contributed by atoms with E-state index in [9.17, 15) is 9.59 Å². The fourth-order valence-electron chi connectivity index (χ4n) is 3.03. The van der Waals surface area contributed by atoms with Gasteiger partial charge in [-0.25, -0.2) is 9.89 Å². The molecule has 2 N–H and O–H groups in total. The number of hydrogen-bond acceptors (Lipinski definition) is 4. The van der Waals surface area contributed by atoms with E-state index in [-0.39, 0.29) is 18.0 Å². The van der Waals surface area contributed by atoms with Crippen LogP contribution in [0.5, 0.6) is 0 Å². The lowest BCUT2D eigenvalue weighted by Crippen LogP contribution is -2.44. The third-order valence-electron chi connectivity index (χ3n) is 4.12. The van der Waals surface area contributed by atoms with Crippen LogP contribution in [0.15, 0.2) is 22.3 Å². The lowest BCUT2D eigenvalue weighted by atomic mass is 9.97. The van der Waals surface area contributed by atoms with Gasteiger partial charge in [0.15, 0.2) is 0 Å². The molecule has 2 aromatic rings. The minimum atomic E-state index is -0.365. The normalized spacial score (nSPS) is 18.5. The summed E-state index contributed by atoms with van der Waals surface area (Å²) in [4.78, 5) is 29.4. The zero-order valence-corrected chi connectivity index (χ0v) is 13.2. The maximum Gasteiger partial charge on any atom is 0.340 e. The Morgan fingerprint density at radius 1 is 1.45 bits per heavy atom. The summed E-state index contributed by atoms with van der Waals surface area (Å²) in [7, 11) is 0. The Hall–Kier alpha value is -1.89. The first-order valence-electron chi connectivity index (χ1n) is 7.68. The number of likely N-dealkylation sites (tertiary alicyclic amines) is 1. The van der Waals surface area contributed by atoms with Crippen LogP contribution in [0.4, 0.5) is 0 Å². The molecule has 22 heavy (non-hydrogen) atoms. The average molecular weight is 320 g/mol. The summed E-state index contributed by atoms with van der Waals surface area (Å²) in [5.74, 6) is 0.469. The van der Waals surface area contributed by atoms with Crippen molar-refractivity contribution in [1.82, 2.24) is 20.1 Å². The number of thiophene rings is 1. The second-order valence-electron chi connectivity index (χ2n) is 5.66. The van der Waals surface area contributed by atoms with Gasteiger partial charge in [-0.15, -0.1) is 11.3 Å². The molecule has 2 aromatic heterocycles. The van der Waals surface area contributed by atoms with Crippen LogP contribution in [-0.2, 0) is 17.6 Å². The van der Waals surface area contributed by atoms with Gasteiger partial charge in [0.05, 0.1) is 6.42 Å². The topological polar surface area (TPSA) is 81.8 Å². The van der Waals surface area contributed by atoms with E-state index in [1.807, 2.05) is 4.90 Å². The second-order valence-corrected chi connectivity index (χ2v) is 6.69. The van der Waals surface area contributed by atoms with Crippen molar-refractivity contribution in [3.8, 4) is 0 Å². The zero-order valence-electron chi connectivity index (χ0n) is 12.4. The van der Waals surface area contributed by atoms with Crippen molar-refractivity contribution in [3.05, 3.63) is 38.7 Å². The quantitative estimate of drug-likeness (QED) is 0.880. The summed E-state index contributed by atoms with van der Waals surface area (Å²) in [6.07, 6.45) is 5.48. The Balaban J connectivity index is 1.61. The lowest BCUT2D eigenvalue weighted by molar-refractivity contribution is -0.134. The zero-order chi connectivity index (χ0) is 15.4. The fraction of sp³-hybridized carbons (Fsp3) is 0.533. The smallest absolute Gasteiger partial charge is 0.339 e. The number of aryl methyl sites for hydroxylation is 1. The first kappa shape index (κ1) is 15.0. The van der Waals surface area contributed by atoms with Crippen molar-refractivity contribution < 1.29 is 4.79 Å². The van der Waals surface area contributed by atoms with E-state index >= 15 is 0 Å². The standard InChI is InChI=1S/C15H20N4O2S/c20-14(10-13-16-15(21)18-17-13)19-8-2-1-4-11(19)6-7-12-5-3-9-22-12/h3,5,9,11H,1-2,4,6-8,10H2,(H2,16,17,18,21). The summed E-state index contributed by atoms with van der Waals surface area (Å²) >= 11 is 1.77. The van der Waals surface area contributed by atoms with Crippen molar-refractivity contribution in [3.63, 3.8) is 0 Å². The molecule has 0 spiro atoms. The molecule has 0 saturated carbocycles. The third kappa shape index (κ3) is 3.65. The number of nitrogens with zero attached hydrogens (tertiary/aromatic N) is 2. The number of amides is 1. The monoisotopic (exact) mass is 320 g/mol. The van der Waals surface area contributed by atoms with Crippen molar-refractivity contribution in [2.75, 3.05) is 6.54 Å². The second kappa shape index (κ2) is 6.91. The van der Waals surface area contributed by atoms with Gasteiger partial charge in [0.1, 0.15) is 5.82 Å². The van der Waals surface area contributed by atoms with Crippen LogP contribution in [0, 0.1) is 0 Å². The molecule has 1 aliphatic rings. The first-order valence-corrected chi connectivity index (χ1v) is 8.56. The molecular weight excluding hydrogens is 300 g/mol. The fourth-order valence-corrected chi connectivity index (χ4v) is 3.75. The van der Waals surface area contributed by atoms with Gasteiger partial charge >= 0.3 is 5.69 Å². The Bertz CT molecular complexity index is 661. The van der Waals surface area contributed by atoms with Gasteiger partial charge in [-0.1, -0.05) is 6.07 Å². The number of nitrogens with one attached hydrogen (secondary N) is 2. The summed E-state index contributed by atoms with van der Waals surface area (Å²) in [6, 6.07) is 4.51. The highest BCUT2D eigenvalue weighted by Crippen LogP contribution is 2.23. The van der Waals surface area contributed by atoms with Crippen LogP contribution < -0.4 is 5.69 Å². The van der Waals surface area contributed by atoms with Crippen molar-refractivity contribution in [2.24, 2.45) is 0 Å². The van der Waals surface area contributed by atoms with Crippen molar-refractivity contribution in [1.29, 1.82) is 0 Å². The van der Waals surface area contributed by atoms with E-state index < -0.39 is 0 Å². The van der Waals surface area contributed by atoms with Gasteiger partial charge < -0.3 is 4.90 Å². The highest BCUT2D eigenvalue weighted by molar-refractivity contribution is 7.09. The van der Waals surface area contributed by atoms with E-state index in [4.69, 9.17) is 0 Å². The number of carbonyl (C=O) groups excluding carboxylic acids is 1. The van der Waals surface area contributed by atoms with E-state index in [0.29, 0.717) is 11.9 Å². The van der Waals surface area contributed by atoms with Gasteiger partial charge in [0.25, 0.3) is 0 Å². The Morgan fingerprint density at radius 2 is 2.36 bits per heavy atom. The molecule has 3 heterocycles. The largest absolute Gasteiger partial charge is 0.340 e. The number of piperidine rings is 1. The molecule has 1 fully saturated rings. The number of hydrogen-bond donors (Lipinski definition) is 2. The number of H-pyrrole nitrogens is 2. The van der Waals surface area contributed by atoms with Crippen molar-refractivity contribution in [2.45, 2.75) is 44.6 Å². The van der Waals surface area contributed by atoms with E-state index in [2.05, 4.69) is 32.7 Å². The van der Waals surface area contributed by atoms with Crippen molar-refractivity contribution >= 4 is 17.2 Å². The molecule has 0 aliphatic carbocycles. The highest BCUT2D eigenvalue weighted by Gasteiger charge is 2.27. The molecule has 0 aromatic carbocycles. The van der Waals surface area contributed by atoms with Crippen LogP contribution in [0.2, 0.25) is 0 Å². The minimum absolute atomic E-state index is 0.0543. The molecule has 7 heteroatoms. The van der Waals surface area contributed by atoms with Gasteiger partial charge in [-0.3, -0.25) is 9.78 Å². The van der Waals surface area contributed by atoms with E-state index in [0.717, 1.165) is 32.2 Å². The highest BCUT2D eigenvalue weighted by atomic mass is 32.1. The van der Waals surface area contributed by atoms with E-state index in [1.54, 1.807) is 11.3 Å². The van der Waals surface area contributed by atoms with Crippen LogP contribution in [0.3, 0.4) is 0 Å². The summed E-state index contributed by atoms with van der Waals surface area (Å²) in [6.45, 7) is 0.808. The average Bonchev–Trinajstić information content (AvgIpc) is 3.17. The molecule has 3 rings (SSSR count).